The number of hydrogen-bond acceptors (Lipinski definition) is 12. The van der Waals surface area contributed by atoms with Crippen molar-refractivity contribution in [2.45, 2.75) is 215 Å². The molecule has 2 aromatic carbocycles. The van der Waals surface area contributed by atoms with Gasteiger partial charge in [0.2, 0.25) is 70.9 Å². The Balaban J connectivity index is 1.11. The molecular weight excluding hydrogens is 1420 g/mol. The third kappa shape index (κ3) is 19.3. The van der Waals surface area contributed by atoms with E-state index in [2.05, 4.69) is 16.0 Å². The van der Waals surface area contributed by atoms with E-state index < -0.39 is 216 Å². The maximum Gasteiger partial charge on any atom is 0.422 e. The minimum atomic E-state index is -5.44. The first-order valence-electron chi connectivity index (χ1n) is 37.6. The summed E-state index contributed by atoms with van der Waals surface area (Å²) in [6, 6.07) is -6.78. The zero-order valence-electron chi connectivity index (χ0n) is 62.9. The van der Waals surface area contributed by atoms with Gasteiger partial charge in [-0.25, -0.2) is 8.78 Å². The van der Waals surface area contributed by atoms with Gasteiger partial charge in [-0.05, 0) is 143 Å². The lowest BCUT2D eigenvalue weighted by molar-refractivity contribution is -0.158. The van der Waals surface area contributed by atoms with Gasteiger partial charge in [-0.1, -0.05) is 77.2 Å². The van der Waals surface area contributed by atoms with Gasteiger partial charge in [0.05, 0.1) is 25.1 Å². The van der Waals surface area contributed by atoms with Gasteiger partial charge in [0.1, 0.15) is 71.1 Å². The average molecular weight is 1530 g/mol. The molecule has 2 bridgehead atoms. The second-order valence-electron chi connectivity index (χ2n) is 30.9. The summed E-state index contributed by atoms with van der Waals surface area (Å²) in [6.07, 6.45) is -2.97. The van der Waals surface area contributed by atoms with Crippen LogP contribution in [0.2, 0.25) is 0 Å². The van der Waals surface area contributed by atoms with E-state index in [1.54, 1.807) is 37.8 Å². The van der Waals surface area contributed by atoms with Crippen molar-refractivity contribution in [1.29, 1.82) is 0 Å². The van der Waals surface area contributed by atoms with Crippen LogP contribution in [0.3, 0.4) is 0 Å². The van der Waals surface area contributed by atoms with E-state index in [1.165, 1.54) is 49.9 Å². The van der Waals surface area contributed by atoms with E-state index in [4.69, 9.17) is 0 Å². The van der Waals surface area contributed by atoms with Crippen molar-refractivity contribution in [3.8, 4) is 0 Å². The molecule has 4 aliphatic heterocycles. The second-order valence-corrected chi connectivity index (χ2v) is 30.9. The fourth-order valence-corrected chi connectivity index (χ4v) is 16.0. The Morgan fingerprint density at radius 1 is 0.630 bits per heavy atom. The Morgan fingerprint density at radius 3 is 1.84 bits per heavy atom. The predicted octanol–water partition coefficient (Wildman–Crippen LogP) is 6.26. The zero-order valence-corrected chi connectivity index (χ0v) is 62.9. The van der Waals surface area contributed by atoms with E-state index in [0.717, 1.165) is 68.7 Å². The van der Waals surface area contributed by atoms with Gasteiger partial charge < -0.3 is 60.0 Å². The predicted molar refractivity (Wildman–Crippen MR) is 377 cm³/mol. The SMILES string of the molecule is CC[C@H](C)[C@@H]1NC(=O)[C@H](CC2CC2)N(C)C(=O)C[C@@H](C(=O)N2CCCC2)N(C)C(=O)[C@H](C2CCCC2)N(C)C(=O)C2(CCC2)NC(=O)[C@@H]2C[C@H](C)CN2C(=O)[C@H](CCc2cc(F)c(C(F)(F)F)c(F)c2)NC(=O)CN(C)C(=O)[C@H](Cc2ccc(C(F)(F)F)cc2)N2CC/C=C\C[C@H](C2=O)N(C)C(=O)CN(C)C1=O. The third-order valence-electron chi connectivity index (χ3n) is 23.1. The number of carbonyl (C=O) groups excluding carboxylic acids is 12. The first-order valence-corrected chi connectivity index (χ1v) is 37.6. The van der Waals surface area contributed by atoms with Crippen molar-refractivity contribution in [2.75, 3.05) is 81.6 Å². The average Bonchev–Trinajstić information content (AvgIpc) is 1.07. The van der Waals surface area contributed by atoms with E-state index in [1.807, 2.05) is 0 Å². The van der Waals surface area contributed by atoms with E-state index in [-0.39, 0.29) is 68.7 Å². The minimum absolute atomic E-state index is 0.00744. The maximum absolute atomic E-state index is 15.6. The summed E-state index contributed by atoms with van der Waals surface area (Å²) in [4.78, 5) is 192. The Bertz CT molecular complexity index is 3710. The quantitative estimate of drug-likeness (QED) is 0.166. The topological polar surface area (TPSA) is 270 Å². The molecule has 594 valence electrons. The summed E-state index contributed by atoms with van der Waals surface area (Å²) in [6.45, 7) is 3.90. The van der Waals surface area contributed by atoms with Gasteiger partial charge >= 0.3 is 12.4 Å². The van der Waals surface area contributed by atoms with Crippen molar-refractivity contribution >= 4 is 70.9 Å². The van der Waals surface area contributed by atoms with E-state index in [0.29, 0.717) is 76.6 Å². The molecule has 4 heterocycles. The first kappa shape index (κ1) is 83.3. The summed E-state index contributed by atoms with van der Waals surface area (Å²) in [5, 5.41) is 8.38. The summed E-state index contributed by atoms with van der Waals surface area (Å²) in [5.74, 6) is -14.8. The molecule has 3 saturated heterocycles. The molecule has 1 spiro atoms. The third-order valence-corrected chi connectivity index (χ3v) is 23.1. The zero-order chi connectivity index (χ0) is 79.2. The van der Waals surface area contributed by atoms with Crippen LogP contribution in [0.25, 0.3) is 0 Å². The molecule has 3 N–H and O–H groups in total. The minimum Gasteiger partial charge on any atom is -0.343 e. The first-order chi connectivity index (χ1) is 50.8. The highest BCUT2D eigenvalue weighted by Crippen LogP contribution is 2.41. The number of fused-ring (bicyclic) bond motifs is 3. The molecule has 24 nitrogen and oxygen atoms in total. The van der Waals surface area contributed by atoms with Crippen LogP contribution in [0.5, 0.6) is 0 Å². The molecule has 0 unspecified atom stereocenters. The van der Waals surface area contributed by atoms with Gasteiger partial charge in [-0.15, -0.1) is 0 Å². The number of alkyl halides is 6. The standard InChI is InChI=1S/C76H102F8N12O12/c1-10-45(3)63-71(106)89(5)43-61(99)90(6)54-21-12-11-15-34-95(70(54)105)58(39-47-24-27-50(28-25-47)75(79,80)81)68(103)88(4)42-59(97)85-53(29-26-48-36-51(77)62(52(78)37-48)76(82,83)84)67(102)96-41-44(2)35-56(96)66(101)87-74(30-18-31-74)73(108)93(9)64(49-19-13-14-20-49)72(107)92(8)57(69(104)94-32-16-17-33-94)40-60(98)91(7)55(65(100)86-63)38-46-22-23-46/h11-12,24-25,27-28,36-37,44-46,49,53-58,63-64H,10,13-23,26,29-35,38-43H2,1-9H3,(H,85,97)(H,86,100)(H,87,101)/b12-11-/t44-,45-,53-,54+,55-,56-,57-,58-,63-,64-/m0/s1. The van der Waals surface area contributed by atoms with Crippen LogP contribution in [0.15, 0.2) is 48.6 Å². The van der Waals surface area contributed by atoms with E-state index >= 15 is 42.3 Å². The molecule has 10 atom stereocenters. The van der Waals surface area contributed by atoms with Crippen LogP contribution in [-0.4, -0.2) is 250 Å². The number of aryl methyl sites for hydroxylation is 1. The molecule has 3 saturated carbocycles. The molecule has 7 aliphatic rings. The highest BCUT2D eigenvalue weighted by atomic mass is 19.4. The van der Waals surface area contributed by atoms with E-state index in [9.17, 15) is 50.3 Å². The molecule has 9 rings (SSSR count). The van der Waals surface area contributed by atoms with Crippen molar-refractivity contribution < 1.29 is 92.7 Å². The van der Waals surface area contributed by atoms with Gasteiger partial charge in [0.15, 0.2) is 0 Å². The molecule has 32 heteroatoms. The summed E-state index contributed by atoms with van der Waals surface area (Å²) >= 11 is 0. The fourth-order valence-electron chi connectivity index (χ4n) is 16.0. The summed E-state index contributed by atoms with van der Waals surface area (Å²) in [7, 11) is 8.03. The lowest BCUT2D eigenvalue weighted by atomic mass is 9.74. The molecule has 0 aromatic heterocycles. The molecule has 0 radical (unpaired) electrons. The number of nitrogens with zero attached hydrogens (tertiary/aromatic N) is 9. The highest BCUT2D eigenvalue weighted by Gasteiger charge is 2.54. The van der Waals surface area contributed by atoms with Crippen LogP contribution in [0.4, 0.5) is 35.1 Å². The molecular formula is C76H102F8N12O12. The van der Waals surface area contributed by atoms with Gasteiger partial charge in [-0.2, -0.15) is 26.3 Å². The monoisotopic (exact) mass is 1530 g/mol. The number of amides is 12. The molecule has 6 fully saturated rings. The smallest absolute Gasteiger partial charge is 0.343 e. The number of hydrogen-bond donors (Lipinski definition) is 3. The number of halogens is 8. The van der Waals surface area contributed by atoms with Crippen LogP contribution < -0.4 is 16.0 Å². The molecule has 12 amide bonds. The maximum atomic E-state index is 15.6. The highest BCUT2D eigenvalue weighted by molar-refractivity contribution is 6.01. The second kappa shape index (κ2) is 34.9. The normalized spacial score (nSPS) is 27.5. The molecule has 108 heavy (non-hydrogen) atoms. The number of rotatable bonds is 11. The Morgan fingerprint density at radius 2 is 1.26 bits per heavy atom. The molecule has 2 aromatic rings. The lowest BCUT2D eigenvalue weighted by Crippen LogP contribution is -2.68. The summed E-state index contributed by atoms with van der Waals surface area (Å²) in [5.41, 5.74) is -5.13. The van der Waals surface area contributed by atoms with Crippen LogP contribution in [-0.2, 0) is 82.7 Å². The van der Waals surface area contributed by atoms with Crippen LogP contribution in [0.1, 0.15) is 159 Å². The molecule has 3 aliphatic carbocycles. The van der Waals surface area contributed by atoms with Gasteiger partial charge in [0.25, 0.3) is 0 Å². The Labute approximate surface area is 624 Å². The number of likely N-dealkylation sites (N-methyl/N-ethyl adjacent to an activating group) is 6. The lowest BCUT2D eigenvalue weighted by Gasteiger charge is -2.46. The Hall–Kier alpha value is -8.74. The number of carbonyl (C=O) groups is 12. The van der Waals surface area contributed by atoms with Crippen LogP contribution >= 0.6 is 0 Å². The fraction of sp³-hybridized carbons (Fsp3) is 0.658. The number of benzene rings is 2. The Kier molecular flexibility index (Phi) is 26.9. The van der Waals surface area contributed by atoms with Crippen molar-refractivity contribution in [1.82, 2.24) is 60.0 Å². The van der Waals surface area contributed by atoms with Gasteiger partial charge in [-0.3, -0.25) is 57.5 Å². The largest absolute Gasteiger partial charge is 0.422 e. The number of likely N-dealkylation sites (tertiary alicyclic amines) is 1. The van der Waals surface area contributed by atoms with Crippen molar-refractivity contribution in [2.24, 2.45) is 23.7 Å². The van der Waals surface area contributed by atoms with Crippen molar-refractivity contribution in [3.05, 3.63) is 82.4 Å². The van der Waals surface area contributed by atoms with Gasteiger partial charge in [0, 0.05) is 74.9 Å². The number of nitrogens with one attached hydrogen (secondary N) is 3. The summed E-state index contributed by atoms with van der Waals surface area (Å²) < 4.78 is 114. The van der Waals surface area contributed by atoms with Crippen LogP contribution in [0, 0.1) is 35.3 Å². The van der Waals surface area contributed by atoms with Crippen molar-refractivity contribution in [3.63, 3.8) is 0 Å².